The maximum Gasteiger partial charge on any atom is 0.244 e. The lowest BCUT2D eigenvalue weighted by Crippen LogP contribution is -2.45. The first-order chi connectivity index (χ1) is 16.9. The molecule has 0 bridgehead atoms. The molecule has 35 heavy (non-hydrogen) atoms. The fraction of sp³-hybridized carbons (Fsp3) is 0.462. The van der Waals surface area contributed by atoms with Crippen molar-refractivity contribution in [1.82, 2.24) is 9.21 Å². The number of carbonyl (C=O) groups excluding carboxylic acids is 1. The first-order valence-electron chi connectivity index (χ1n) is 12.1. The van der Waals surface area contributed by atoms with Gasteiger partial charge in [0, 0.05) is 32.1 Å². The van der Waals surface area contributed by atoms with Crippen molar-refractivity contribution in [2.75, 3.05) is 32.8 Å². The molecule has 0 radical (unpaired) electrons. The van der Waals surface area contributed by atoms with E-state index >= 15 is 0 Å². The molecule has 186 valence electrons. The lowest BCUT2D eigenvalue weighted by atomic mass is 9.93. The van der Waals surface area contributed by atoms with Gasteiger partial charge in [0.1, 0.15) is 6.07 Å². The SMILES string of the molecule is CCOc1cc2c(cc1OCC)CN(C(=O)C1CCN(S(=O)(=O)c3ccccc3C#N)CC1)CC2. The van der Waals surface area contributed by atoms with E-state index in [9.17, 15) is 18.5 Å². The molecule has 1 fully saturated rings. The van der Waals surface area contributed by atoms with Crippen LogP contribution in [0.5, 0.6) is 11.5 Å². The van der Waals surface area contributed by atoms with Crippen molar-refractivity contribution in [2.45, 2.75) is 44.6 Å². The number of hydrogen-bond acceptors (Lipinski definition) is 6. The van der Waals surface area contributed by atoms with E-state index < -0.39 is 10.0 Å². The summed E-state index contributed by atoms with van der Waals surface area (Å²) >= 11 is 0. The molecule has 4 rings (SSSR count). The minimum atomic E-state index is -3.78. The summed E-state index contributed by atoms with van der Waals surface area (Å²) in [5.74, 6) is 1.28. The van der Waals surface area contributed by atoms with E-state index in [0.29, 0.717) is 44.9 Å². The number of amides is 1. The maximum absolute atomic E-state index is 13.3. The molecule has 0 spiro atoms. The van der Waals surface area contributed by atoms with Crippen LogP contribution in [0.15, 0.2) is 41.3 Å². The number of nitrogens with zero attached hydrogens (tertiary/aromatic N) is 3. The molecule has 0 aromatic heterocycles. The van der Waals surface area contributed by atoms with Gasteiger partial charge in [0.15, 0.2) is 11.5 Å². The largest absolute Gasteiger partial charge is 0.490 e. The van der Waals surface area contributed by atoms with Gasteiger partial charge < -0.3 is 14.4 Å². The first kappa shape index (κ1) is 25.0. The molecule has 1 saturated heterocycles. The Labute approximate surface area is 207 Å². The van der Waals surface area contributed by atoms with Crippen molar-refractivity contribution in [3.05, 3.63) is 53.1 Å². The molecule has 0 atom stereocenters. The second-order valence-corrected chi connectivity index (χ2v) is 10.6. The van der Waals surface area contributed by atoms with E-state index in [4.69, 9.17) is 9.47 Å². The number of sulfonamides is 1. The predicted octanol–water partition coefficient (Wildman–Crippen LogP) is 3.34. The van der Waals surface area contributed by atoms with Gasteiger partial charge in [-0.3, -0.25) is 4.79 Å². The van der Waals surface area contributed by atoms with Crippen molar-refractivity contribution < 1.29 is 22.7 Å². The number of rotatable bonds is 7. The number of carbonyl (C=O) groups is 1. The van der Waals surface area contributed by atoms with Gasteiger partial charge in [-0.15, -0.1) is 0 Å². The Morgan fingerprint density at radius 3 is 2.29 bits per heavy atom. The van der Waals surface area contributed by atoms with Crippen LogP contribution in [0.1, 0.15) is 43.4 Å². The maximum atomic E-state index is 13.3. The summed E-state index contributed by atoms with van der Waals surface area (Å²) in [5, 5.41) is 9.30. The standard InChI is InChI=1S/C26H31N3O5S/c1-3-33-23-15-20-9-12-28(18-22(20)16-24(23)34-4-2)26(30)19-10-13-29(14-11-19)35(31,32)25-8-6-5-7-21(25)17-27/h5-8,15-16,19H,3-4,9-14,18H2,1-2H3. The summed E-state index contributed by atoms with van der Waals surface area (Å²) < 4.78 is 39.1. The van der Waals surface area contributed by atoms with Crippen molar-refractivity contribution in [2.24, 2.45) is 5.92 Å². The van der Waals surface area contributed by atoms with Crippen LogP contribution in [0.3, 0.4) is 0 Å². The topological polar surface area (TPSA) is 99.9 Å². The van der Waals surface area contributed by atoms with E-state index in [-0.39, 0.29) is 35.4 Å². The third kappa shape index (κ3) is 5.14. The molecule has 2 aliphatic heterocycles. The Hall–Kier alpha value is -3.09. The summed E-state index contributed by atoms with van der Waals surface area (Å²) in [5.41, 5.74) is 2.36. The zero-order chi connectivity index (χ0) is 25.0. The van der Waals surface area contributed by atoms with Crippen LogP contribution in [0, 0.1) is 17.2 Å². The molecule has 2 heterocycles. The van der Waals surface area contributed by atoms with E-state index in [1.54, 1.807) is 12.1 Å². The lowest BCUT2D eigenvalue weighted by molar-refractivity contribution is -0.137. The lowest BCUT2D eigenvalue weighted by Gasteiger charge is -2.36. The van der Waals surface area contributed by atoms with Crippen molar-refractivity contribution in [3.8, 4) is 17.6 Å². The minimum Gasteiger partial charge on any atom is -0.490 e. The number of benzene rings is 2. The molecular weight excluding hydrogens is 466 g/mol. The van der Waals surface area contributed by atoms with Gasteiger partial charge >= 0.3 is 0 Å². The third-order valence-electron chi connectivity index (χ3n) is 6.62. The molecule has 0 aliphatic carbocycles. The molecule has 0 unspecified atom stereocenters. The highest BCUT2D eigenvalue weighted by molar-refractivity contribution is 7.89. The fourth-order valence-corrected chi connectivity index (χ4v) is 6.43. The van der Waals surface area contributed by atoms with E-state index in [1.165, 1.54) is 16.4 Å². The smallest absolute Gasteiger partial charge is 0.244 e. The van der Waals surface area contributed by atoms with Crippen LogP contribution in [0.4, 0.5) is 0 Å². The van der Waals surface area contributed by atoms with E-state index in [2.05, 4.69) is 0 Å². The second-order valence-electron chi connectivity index (χ2n) is 8.73. The highest BCUT2D eigenvalue weighted by Crippen LogP contribution is 2.35. The number of ether oxygens (including phenoxy) is 2. The van der Waals surface area contributed by atoms with Gasteiger partial charge in [0.2, 0.25) is 15.9 Å². The molecule has 2 aromatic carbocycles. The zero-order valence-corrected chi connectivity index (χ0v) is 21.0. The molecule has 2 aliphatic rings. The molecule has 9 heteroatoms. The Kier molecular flexibility index (Phi) is 7.63. The molecule has 0 saturated carbocycles. The Morgan fingerprint density at radius 1 is 1.03 bits per heavy atom. The fourth-order valence-electron chi connectivity index (χ4n) is 4.81. The van der Waals surface area contributed by atoms with Crippen LogP contribution >= 0.6 is 0 Å². The van der Waals surface area contributed by atoms with Gasteiger partial charge in [-0.1, -0.05) is 12.1 Å². The Bertz CT molecular complexity index is 1230. The van der Waals surface area contributed by atoms with Gasteiger partial charge in [0.05, 0.1) is 23.7 Å². The normalized spacial score (nSPS) is 16.9. The summed E-state index contributed by atoms with van der Waals surface area (Å²) in [4.78, 5) is 15.2. The van der Waals surface area contributed by atoms with Gasteiger partial charge in [-0.05, 0) is 68.5 Å². The number of nitriles is 1. The van der Waals surface area contributed by atoms with Crippen LogP contribution in [0.2, 0.25) is 0 Å². The predicted molar refractivity (Wildman–Crippen MR) is 131 cm³/mol. The highest BCUT2D eigenvalue weighted by Gasteiger charge is 2.35. The van der Waals surface area contributed by atoms with Gasteiger partial charge in [-0.2, -0.15) is 9.57 Å². The van der Waals surface area contributed by atoms with Gasteiger partial charge in [0.25, 0.3) is 0 Å². The summed E-state index contributed by atoms with van der Waals surface area (Å²) in [6.07, 6.45) is 1.67. The van der Waals surface area contributed by atoms with Crippen LogP contribution in [0.25, 0.3) is 0 Å². The zero-order valence-electron chi connectivity index (χ0n) is 20.2. The van der Waals surface area contributed by atoms with E-state index in [0.717, 1.165) is 23.3 Å². The number of fused-ring (bicyclic) bond motifs is 1. The Morgan fingerprint density at radius 2 is 1.66 bits per heavy atom. The van der Waals surface area contributed by atoms with Crippen molar-refractivity contribution in [1.29, 1.82) is 5.26 Å². The van der Waals surface area contributed by atoms with Crippen LogP contribution < -0.4 is 9.47 Å². The summed E-state index contributed by atoms with van der Waals surface area (Å²) in [6, 6.07) is 12.2. The molecule has 8 nitrogen and oxygen atoms in total. The minimum absolute atomic E-state index is 0.0245. The van der Waals surface area contributed by atoms with Crippen LogP contribution in [-0.2, 0) is 27.8 Å². The third-order valence-corrected chi connectivity index (χ3v) is 8.57. The van der Waals surface area contributed by atoms with Crippen LogP contribution in [-0.4, -0.2) is 56.4 Å². The number of piperidine rings is 1. The highest BCUT2D eigenvalue weighted by atomic mass is 32.2. The average molecular weight is 498 g/mol. The van der Waals surface area contributed by atoms with Crippen molar-refractivity contribution >= 4 is 15.9 Å². The van der Waals surface area contributed by atoms with Crippen molar-refractivity contribution in [3.63, 3.8) is 0 Å². The molecule has 2 aromatic rings. The van der Waals surface area contributed by atoms with Gasteiger partial charge in [-0.25, -0.2) is 8.42 Å². The quantitative estimate of drug-likeness (QED) is 0.582. The Balaban J connectivity index is 1.42. The second kappa shape index (κ2) is 10.7. The monoisotopic (exact) mass is 497 g/mol. The first-order valence-corrected chi connectivity index (χ1v) is 13.5. The molecular formula is C26H31N3O5S. The molecule has 1 amide bonds. The summed E-state index contributed by atoms with van der Waals surface area (Å²) in [6.45, 7) is 6.60. The van der Waals surface area contributed by atoms with E-state index in [1.807, 2.05) is 36.9 Å². The average Bonchev–Trinajstić information content (AvgIpc) is 2.88. The number of hydrogen-bond donors (Lipinski definition) is 0. The summed E-state index contributed by atoms with van der Waals surface area (Å²) in [7, 11) is -3.78. The molecule has 0 N–H and O–H groups in total.